The zero-order valence-corrected chi connectivity index (χ0v) is 14.9. The molecule has 0 fully saturated rings. The molecule has 5 heteroatoms. The number of carbonyl (C=O) groups excluding carboxylic acids is 2. The fourth-order valence-electron chi connectivity index (χ4n) is 2.28. The fourth-order valence-corrected chi connectivity index (χ4v) is 2.28. The van der Waals surface area contributed by atoms with Crippen molar-refractivity contribution in [1.29, 1.82) is 0 Å². The second kappa shape index (κ2) is 9.51. The standard InChI is InChI=1S/C21H22FNO3/c1-3-15(2)16-8-11-18(12-9-16)23-20(24)14-26-21(25)13-10-17-6-4-5-7-19(17)22/h4-13,15H,3,14H2,1-2H3,(H,23,24)/b13-10+/t15-/m0/s1. The van der Waals surface area contributed by atoms with Gasteiger partial charge >= 0.3 is 5.97 Å². The predicted octanol–water partition coefficient (Wildman–Crippen LogP) is 4.53. The number of ether oxygens (including phenoxy) is 1. The zero-order valence-electron chi connectivity index (χ0n) is 14.9. The molecule has 0 heterocycles. The molecule has 0 unspecified atom stereocenters. The molecule has 0 saturated heterocycles. The van der Waals surface area contributed by atoms with E-state index >= 15 is 0 Å². The van der Waals surface area contributed by atoms with Crippen molar-refractivity contribution in [2.75, 3.05) is 11.9 Å². The Balaban J connectivity index is 1.81. The Morgan fingerprint density at radius 3 is 2.50 bits per heavy atom. The monoisotopic (exact) mass is 355 g/mol. The third-order valence-corrected chi connectivity index (χ3v) is 4.03. The highest BCUT2D eigenvalue weighted by Gasteiger charge is 2.07. The lowest BCUT2D eigenvalue weighted by Gasteiger charge is -2.10. The number of rotatable bonds is 7. The van der Waals surface area contributed by atoms with Gasteiger partial charge in [0.05, 0.1) is 0 Å². The van der Waals surface area contributed by atoms with Crippen molar-refractivity contribution in [3.8, 4) is 0 Å². The number of carbonyl (C=O) groups is 2. The van der Waals surface area contributed by atoms with Gasteiger partial charge in [-0.1, -0.05) is 44.2 Å². The number of amides is 1. The van der Waals surface area contributed by atoms with E-state index in [4.69, 9.17) is 4.74 Å². The zero-order chi connectivity index (χ0) is 18.9. The normalized spacial score (nSPS) is 12.0. The third-order valence-electron chi connectivity index (χ3n) is 4.03. The van der Waals surface area contributed by atoms with Gasteiger partial charge in [0, 0.05) is 17.3 Å². The molecule has 0 bridgehead atoms. The van der Waals surface area contributed by atoms with Crippen molar-refractivity contribution in [2.24, 2.45) is 0 Å². The second-order valence-electron chi connectivity index (χ2n) is 5.94. The van der Waals surface area contributed by atoms with E-state index in [2.05, 4.69) is 19.2 Å². The highest BCUT2D eigenvalue weighted by molar-refractivity contribution is 5.94. The molecule has 0 aromatic heterocycles. The summed E-state index contributed by atoms with van der Waals surface area (Å²) in [5, 5.41) is 2.66. The van der Waals surface area contributed by atoms with E-state index in [0.29, 0.717) is 11.6 Å². The van der Waals surface area contributed by atoms with E-state index < -0.39 is 24.3 Å². The minimum Gasteiger partial charge on any atom is -0.452 e. The van der Waals surface area contributed by atoms with Crippen LogP contribution in [-0.4, -0.2) is 18.5 Å². The van der Waals surface area contributed by atoms with Gasteiger partial charge in [0.15, 0.2) is 6.61 Å². The van der Waals surface area contributed by atoms with Crippen molar-refractivity contribution < 1.29 is 18.7 Å². The lowest BCUT2D eigenvalue weighted by Crippen LogP contribution is -2.20. The molecule has 0 saturated carbocycles. The molecule has 0 radical (unpaired) electrons. The molecular formula is C21H22FNO3. The van der Waals surface area contributed by atoms with E-state index in [0.717, 1.165) is 12.5 Å². The van der Waals surface area contributed by atoms with E-state index in [-0.39, 0.29) is 5.56 Å². The number of benzene rings is 2. The molecule has 0 aliphatic carbocycles. The lowest BCUT2D eigenvalue weighted by atomic mass is 9.99. The molecule has 1 N–H and O–H groups in total. The summed E-state index contributed by atoms with van der Waals surface area (Å²) in [5.74, 6) is -1.12. The van der Waals surface area contributed by atoms with Crippen LogP contribution in [-0.2, 0) is 14.3 Å². The topological polar surface area (TPSA) is 55.4 Å². The molecular weight excluding hydrogens is 333 g/mol. The summed E-state index contributed by atoms with van der Waals surface area (Å²) in [5.41, 5.74) is 2.12. The van der Waals surface area contributed by atoms with Crippen LogP contribution in [0.3, 0.4) is 0 Å². The Kier molecular flexibility index (Phi) is 7.09. The average molecular weight is 355 g/mol. The molecule has 0 aliphatic heterocycles. The van der Waals surface area contributed by atoms with Gasteiger partial charge in [-0.3, -0.25) is 4.79 Å². The average Bonchev–Trinajstić information content (AvgIpc) is 2.65. The lowest BCUT2D eigenvalue weighted by molar-refractivity contribution is -0.142. The van der Waals surface area contributed by atoms with Gasteiger partial charge in [-0.15, -0.1) is 0 Å². The molecule has 136 valence electrons. The van der Waals surface area contributed by atoms with E-state index in [1.54, 1.807) is 12.1 Å². The number of anilines is 1. The van der Waals surface area contributed by atoms with Crippen LogP contribution >= 0.6 is 0 Å². The molecule has 2 aromatic rings. The van der Waals surface area contributed by atoms with Gasteiger partial charge in [0.2, 0.25) is 0 Å². The van der Waals surface area contributed by atoms with Gasteiger partial charge in [0.25, 0.3) is 5.91 Å². The molecule has 1 atom stereocenters. The van der Waals surface area contributed by atoms with Gasteiger partial charge in [-0.2, -0.15) is 0 Å². The molecule has 1 amide bonds. The summed E-state index contributed by atoms with van der Waals surface area (Å²) in [6, 6.07) is 13.6. The van der Waals surface area contributed by atoms with E-state index in [9.17, 15) is 14.0 Å². The molecule has 0 spiro atoms. The van der Waals surface area contributed by atoms with Gasteiger partial charge in [0.1, 0.15) is 5.82 Å². The van der Waals surface area contributed by atoms with Crippen molar-refractivity contribution >= 4 is 23.6 Å². The van der Waals surface area contributed by atoms with Crippen LogP contribution in [0.1, 0.15) is 37.3 Å². The fraction of sp³-hybridized carbons (Fsp3) is 0.238. The molecule has 2 aromatic carbocycles. The van der Waals surface area contributed by atoms with Crippen molar-refractivity contribution in [1.82, 2.24) is 0 Å². The second-order valence-corrected chi connectivity index (χ2v) is 5.94. The summed E-state index contributed by atoms with van der Waals surface area (Å²) < 4.78 is 18.3. The van der Waals surface area contributed by atoms with Crippen molar-refractivity contribution in [2.45, 2.75) is 26.2 Å². The summed E-state index contributed by atoms with van der Waals surface area (Å²) >= 11 is 0. The first-order chi connectivity index (χ1) is 12.5. The Morgan fingerprint density at radius 2 is 1.85 bits per heavy atom. The molecule has 0 aliphatic rings. The van der Waals surface area contributed by atoms with Crippen molar-refractivity contribution in [3.63, 3.8) is 0 Å². The van der Waals surface area contributed by atoms with Crippen LogP contribution in [0.5, 0.6) is 0 Å². The highest BCUT2D eigenvalue weighted by Crippen LogP contribution is 2.20. The third kappa shape index (κ3) is 5.84. The first-order valence-corrected chi connectivity index (χ1v) is 8.48. The summed E-state index contributed by atoms with van der Waals surface area (Å²) in [6.45, 7) is 3.85. The maximum absolute atomic E-state index is 13.4. The first kappa shape index (κ1) is 19.4. The van der Waals surface area contributed by atoms with E-state index in [1.165, 1.54) is 23.8 Å². The van der Waals surface area contributed by atoms with Gasteiger partial charge in [-0.05, 0) is 42.2 Å². The predicted molar refractivity (Wildman–Crippen MR) is 100 cm³/mol. The Morgan fingerprint density at radius 1 is 1.15 bits per heavy atom. The number of nitrogens with one attached hydrogen (secondary N) is 1. The van der Waals surface area contributed by atoms with Crippen LogP contribution in [0.25, 0.3) is 6.08 Å². The highest BCUT2D eigenvalue weighted by atomic mass is 19.1. The minimum absolute atomic E-state index is 0.273. The van der Waals surface area contributed by atoms with Crippen LogP contribution in [0.4, 0.5) is 10.1 Å². The van der Waals surface area contributed by atoms with Crippen molar-refractivity contribution in [3.05, 3.63) is 71.6 Å². The first-order valence-electron chi connectivity index (χ1n) is 8.48. The Hall–Kier alpha value is -2.95. The molecule has 2 rings (SSSR count). The SMILES string of the molecule is CC[C@H](C)c1ccc(NC(=O)COC(=O)/C=C/c2ccccc2F)cc1. The maximum Gasteiger partial charge on any atom is 0.331 e. The smallest absolute Gasteiger partial charge is 0.331 e. The van der Waals surface area contributed by atoms with Gasteiger partial charge in [-0.25, -0.2) is 9.18 Å². The number of hydrogen-bond donors (Lipinski definition) is 1. The molecule has 26 heavy (non-hydrogen) atoms. The summed E-state index contributed by atoms with van der Waals surface area (Å²) in [6.07, 6.45) is 3.44. The van der Waals surface area contributed by atoms with Crippen LogP contribution in [0.15, 0.2) is 54.6 Å². The van der Waals surface area contributed by atoms with Crippen LogP contribution in [0, 0.1) is 5.82 Å². The van der Waals surface area contributed by atoms with E-state index in [1.807, 2.05) is 24.3 Å². The minimum atomic E-state index is -0.712. The largest absolute Gasteiger partial charge is 0.452 e. The quantitative estimate of drug-likeness (QED) is 0.586. The summed E-state index contributed by atoms with van der Waals surface area (Å²) in [4.78, 5) is 23.5. The number of hydrogen-bond acceptors (Lipinski definition) is 3. The van der Waals surface area contributed by atoms with Crippen LogP contribution in [0.2, 0.25) is 0 Å². The Bertz CT molecular complexity index is 784. The Labute approximate surface area is 152 Å². The number of esters is 1. The molecule has 4 nitrogen and oxygen atoms in total. The van der Waals surface area contributed by atoms with Crippen LogP contribution < -0.4 is 5.32 Å². The maximum atomic E-state index is 13.4. The number of halogens is 1. The van der Waals surface area contributed by atoms with Gasteiger partial charge < -0.3 is 10.1 Å². The summed E-state index contributed by atoms with van der Waals surface area (Å²) in [7, 11) is 0.